The molecule has 2 aromatic rings. The molecule has 1 fully saturated rings. The van der Waals surface area contributed by atoms with Crippen LogP contribution in [-0.4, -0.2) is 53.9 Å². The van der Waals surface area contributed by atoms with Crippen LogP contribution in [0.15, 0.2) is 27.6 Å². The van der Waals surface area contributed by atoms with Crippen molar-refractivity contribution >= 4 is 21.6 Å². The van der Waals surface area contributed by atoms with Crippen molar-refractivity contribution in [3.8, 4) is 0 Å². The average Bonchev–Trinajstić information content (AvgIpc) is 3.17. The van der Waals surface area contributed by atoms with Gasteiger partial charge in [0.1, 0.15) is 0 Å². The van der Waals surface area contributed by atoms with Crippen LogP contribution in [0.4, 0.5) is 13.2 Å². The van der Waals surface area contributed by atoms with Gasteiger partial charge in [-0.25, -0.2) is 8.42 Å². The van der Waals surface area contributed by atoms with Crippen LogP contribution in [0.5, 0.6) is 0 Å². The number of sulfonamides is 1. The van der Waals surface area contributed by atoms with Gasteiger partial charge < -0.3 is 4.52 Å². The summed E-state index contributed by atoms with van der Waals surface area (Å²) in [6.07, 6.45) is -4.74. The first kappa shape index (κ1) is 23.0. The molecule has 12 heteroatoms. The van der Waals surface area contributed by atoms with Crippen molar-refractivity contribution in [1.82, 2.24) is 19.3 Å². The zero-order valence-corrected chi connectivity index (χ0v) is 18.2. The van der Waals surface area contributed by atoms with E-state index in [0.717, 1.165) is 12.1 Å². The highest BCUT2D eigenvalue weighted by atomic mass is 35.5. The maximum absolute atomic E-state index is 13.1. The lowest BCUT2D eigenvalue weighted by molar-refractivity contribution is -0.137. The van der Waals surface area contributed by atoms with Crippen LogP contribution in [0.25, 0.3) is 0 Å². The van der Waals surface area contributed by atoms with Crippen LogP contribution in [-0.2, 0) is 16.2 Å². The van der Waals surface area contributed by atoms with E-state index < -0.39 is 31.7 Å². The summed E-state index contributed by atoms with van der Waals surface area (Å²) in [4.78, 5) is 5.93. The summed E-state index contributed by atoms with van der Waals surface area (Å²) in [5.74, 6) is 1.17. The Morgan fingerprint density at radius 2 is 1.77 bits per heavy atom. The minimum Gasteiger partial charge on any atom is -0.338 e. The summed E-state index contributed by atoms with van der Waals surface area (Å²) in [5.41, 5.74) is -1.17. The van der Waals surface area contributed by atoms with Crippen molar-refractivity contribution in [3.05, 3.63) is 40.5 Å². The van der Waals surface area contributed by atoms with Gasteiger partial charge >= 0.3 is 6.18 Å². The highest BCUT2D eigenvalue weighted by Gasteiger charge is 2.37. The molecule has 0 saturated carbocycles. The number of piperazine rings is 1. The van der Waals surface area contributed by atoms with Crippen LogP contribution >= 0.6 is 11.6 Å². The highest BCUT2D eigenvalue weighted by molar-refractivity contribution is 7.89. The van der Waals surface area contributed by atoms with Gasteiger partial charge in [-0.05, 0) is 25.1 Å². The SMILES string of the molecule is CC(C)c1noc([C@H](C)N2CCN(S(=O)(=O)c3ccc(Cl)c(C(F)(F)F)c3)CC2)n1. The second-order valence-corrected chi connectivity index (χ2v) is 9.75. The van der Waals surface area contributed by atoms with Crippen molar-refractivity contribution in [2.45, 2.75) is 43.8 Å². The molecule has 0 radical (unpaired) electrons. The quantitative estimate of drug-likeness (QED) is 0.664. The molecular weight excluding hydrogens is 445 g/mol. The van der Waals surface area contributed by atoms with E-state index in [-0.39, 0.29) is 25.0 Å². The Kier molecular flexibility index (Phi) is 6.47. The smallest absolute Gasteiger partial charge is 0.338 e. The van der Waals surface area contributed by atoms with E-state index in [2.05, 4.69) is 10.1 Å². The molecule has 7 nitrogen and oxygen atoms in total. The van der Waals surface area contributed by atoms with Crippen LogP contribution in [0.3, 0.4) is 0 Å². The van der Waals surface area contributed by atoms with Gasteiger partial charge in [0.15, 0.2) is 5.82 Å². The topological polar surface area (TPSA) is 79.5 Å². The minimum atomic E-state index is -4.74. The third-order valence-corrected chi connectivity index (χ3v) is 7.26. The summed E-state index contributed by atoms with van der Waals surface area (Å²) < 4.78 is 71.5. The molecule has 0 unspecified atom stereocenters. The number of hydrogen-bond donors (Lipinski definition) is 0. The maximum Gasteiger partial charge on any atom is 0.417 e. The van der Waals surface area contributed by atoms with Crippen molar-refractivity contribution in [1.29, 1.82) is 0 Å². The molecule has 1 atom stereocenters. The fourth-order valence-electron chi connectivity index (χ4n) is 3.17. The van der Waals surface area contributed by atoms with Gasteiger partial charge in [0, 0.05) is 32.1 Å². The van der Waals surface area contributed by atoms with Crippen LogP contribution in [0.1, 0.15) is 50.0 Å². The normalized spacial score (nSPS) is 18.1. The third kappa shape index (κ3) is 4.63. The van der Waals surface area contributed by atoms with E-state index in [1.165, 1.54) is 4.31 Å². The van der Waals surface area contributed by atoms with E-state index in [0.29, 0.717) is 30.9 Å². The number of nitrogens with zero attached hydrogens (tertiary/aromatic N) is 4. The van der Waals surface area contributed by atoms with Gasteiger partial charge in [-0.1, -0.05) is 30.6 Å². The lowest BCUT2D eigenvalue weighted by Gasteiger charge is -2.36. The summed E-state index contributed by atoms with van der Waals surface area (Å²) in [6, 6.07) is 2.42. The van der Waals surface area contributed by atoms with E-state index in [4.69, 9.17) is 16.1 Å². The molecule has 0 aliphatic carbocycles. The average molecular weight is 467 g/mol. The minimum absolute atomic E-state index is 0.123. The summed E-state index contributed by atoms with van der Waals surface area (Å²) in [6.45, 7) is 6.78. The third-order valence-electron chi connectivity index (χ3n) is 5.03. The molecule has 1 aromatic carbocycles. The second-order valence-electron chi connectivity index (χ2n) is 7.40. The Morgan fingerprint density at radius 3 is 2.30 bits per heavy atom. The van der Waals surface area contributed by atoms with Gasteiger partial charge in [0.05, 0.1) is 21.5 Å². The van der Waals surface area contributed by atoms with Gasteiger partial charge in [0.2, 0.25) is 15.9 Å². The zero-order valence-electron chi connectivity index (χ0n) is 16.6. The molecule has 0 spiro atoms. The summed E-state index contributed by atoms with van der Waals surface area (Å²) >= 11 is 5.60. The van der Waals surface area contributed by atoms with Crippen LogP contribution in [0.2, 0.25) is 5.02 Å². The molecule has 0 amide bonds. The Bertz CT molecular complexity index is 1000. The van der Waals surface area contributed by atoms with E-state index >= 15 is 0 Å². The number of aromatic nitrogens is 2. The van der Waals surface area contributed by atoms with Crippen LogP contribution < -0.4 is 0 Å². The lowest BCUT2D eigenvalue weighted by Crippen LogP contribution is -2.49. The monoisotopic (exact) mass is 466 g/mol. The first-order chi connectivity index (χ1) is 13.9. The molecule has 166 valence electrons. The molecule has 0 N–H and O–H groups in total. The van der Waals surface area contributed by atoms with Crippen molar-refractivity contribution in [2.75, 3.05) is 26.2 Å². The fourth-order valence-corrected chi connectivity index (χ4v) is 4.84. The Morgan fingerprint density at radius 1 is 1.13 bits per heavy atom. The largest absolute Gasteiger partial charge is 0.417 e. The van der Waals surface area contributed by atoms with Crippen molar-refractivity contribution < 1.29 is 26.1 Å². The maximum atomic E-state index is 13.1. The molecule has 3 rings (SSSR count). The van der Waals surface area contributed by atoms with Gasteiger partial charge in [0.25, 0.3) is 0 Å². The molecule has 0 bridgehead atoms. The predicted octanol–water partition coefficient (Wildman–Crippen LogP) is 3.93. The first-order valence-corrected chi connectivity index (χ1v) is 11.2. The van der Waals surface area contributed by atoms with Crippen LogP contribution in [0, 0.1) is 0 Å². The number of alkyl halides is 3. The number of benzene rings is 1. The number of rotatable bonds is 5. The molecule has 30 heavy (non-hydrogen) atoms. The van der Waals surface area contributed by atoms with Gasteiger partial charge in [-0.15, -0.1) is 0 Å². The van der Waals surface area contributed by atoms with E-state index in [9.17, 15) is 21.6 Å². The molecule has 1 aliphatic rings. The lowest BCUT2D eigenvalue weighted by atomic mass is 10.2. The first-order valence-electron chi connectivity index (χ1n) is 9.35. The summed E-state index contributed by atoms with van der Waals surface area (Å²) in [5, 5.41) is 3.40. The molecule has 1 aromatic heterocycles. The zero-order chi connectivity index (χ0) is 22.3. The highest BCUT2D eigenvalue weighted by Crippen LogP contribution is 2.36. The Labute approximate surface area is 177 Å². The van der Waals surface area contributed by atoms with Gasteiger partial charge in [-0.3, -0.25) is 4.90 Å². The standard InChI is InChI=1S/C18H22ClF3N4O3S/c1-11(2)16-23-17(29-24-16)12(3)25-6-8-26(9-7-25)30(27,28)13-4-5-15(19)14(10-13)18(20,21)22/h4-5,10-12H,6-9H2,1-3H3/t12-/m0/s1. The summed E-state index contributed by atoms with van der Waals surface area (Å²) in [7, 11) is -4.09. The molecular formula is C18H22ClF3N4O3S. The van der Waals surface area contributed by atoms with Gasteiger partial charge in [-0.2, -0.15) is 22.5 Å². The fraction of sp³-hybridized carbons (Fsp3) is 0.556. The second kappa shape index (κ2) is 8.45. The predicted molar refractivity (Wildman–Crippen MR) is 104 cm³/mol. The van der Waals surface area contributed by atoms with E-state index in [1.54, 1.807) is 0 Å². The van der Waals surface area contributed by atoms with Crippen molar-refractivity contribution in [3.63, 3.8) is 0 Å². The Hall–Kier alpha value is -1.69. The molecule has 1 aliphatic heterocycles. The van der Waals surface area contributed by atoms with Crippen molar-refractivity contribution in [2.24, 2.45) is 0 Å². The Balaban J connectivity index is 1.72. The number of hydrogen-bond acceptors (Lipinski definition) is 6. The number of halogens is 4. The molecule has 1 saturated heterocycles. The molecule has 2 heterocycles. The van der Waals surface area contributed by atoms with E-state index in [1.807, 2.05) is 25.7 Å².